The van der Waals surface area contributed by atoms with Crippen LogP contribution in [0.25, 0.3) is 0 Å². The van der Waals surface area contributed by atoms with Crippen molar-refractivity contribution in [2.75, 3.05) is 38.2 Å². The zero-order valence-electron chi connectivity index (χ0n) is 10.9. The monoisotopic (exact) mass is 256 g/mol. The Balaban J connectivity index is 2.61. The van der Waals surface area contributed by atoms with Gasteiger partial charge in [-0.15, -0.1) is 0 Å². The Morgan fingerprint density at radius 3 is 2.65 bits per heavy atom. The highest BCUT2D eigenvalue weighted by atomic mass is 35.5. The van der Waals surface area contributed by atoms with Gasteiger partial charge in [0.15, 0.2) is 0 Å². The molecule has 0 amide bonds. The summed E-state index contributed by atoms with van der Waals surface area (Å²) in [5.74, 6) is 0.696. The maximum atomic E-state index is 5.83. The molecule has 4 nitrogen and oxygen atoms in total. The van der Waals surface area contributed by atoms with Crippen molar-refractivity contribution in [2.24, 2.45) is 5.41 Å². The van der Waals surface area contributed by atoms with E-state index in [1.807, 2.05) is 0 Å². The van der Waals surface area contributed by atoms with E-state index in [0.29, 0.717) is 16.5 Å². The van der Waals surface area contributed by atoms with E-state index in [1.54, 1.807) is 12.3 Å². The molecular formula is C12H21ClN4. The lowest BCUT2D eigenvalue weighted by Gasteiger charge is -2.28. The predicted octanol–water partition coefficient (Wildman–Crippen LogP) is 2.32. The van der Waals surface area contributed by atoms with Gasteiger partial charge >= 0.3 is 0 Å². The molecule has 1 rings (SSSR count). The predicted molar refractivity (Wildman–Crippen MR) is 74.5 cm³/mol. The zero-order valence-corrected chi connectivity index (χ0v) is 11.7. The number of hydrogen-bond acceptors (Lipinski definition) is 4. The Labute approximate surface area is 108 Å². The summed E-state index contributed by atoms with van der Waals surface area (Å²) in [6.45, 7) is 6.20. The van der Waals surface area contributed by atoms with Crippen LogP contribution in [0.4, 0.5) is 11.5 Å². The molecule has 5 heteroatoms. The van der Waals surface area contributed by atoms with Crippen LogP contribution < -0.4 is 11.1 Å². The quantitative estimate of drug-likeness (QED) is 0.849. The zero-order chi connectivity index (χ0) is 13.1. The van der Waals surface area contributed by atoms with Crippen molar-refractivity contribution < 1.29 is 0 Å². The first-order valence-electron chi connectivity index (χ1n) is 5.60. The summed E-state index contributed by atoms with van der Waals surface area (Å²) in [5.41, 5.74) is 6.56. The summed E-state index contributed by atoms with van der Waals surface area (Å²) in [5, 5.41) is 3.82. The molecule has 0 saturated heterocycles. The van der Waals surface area contributed by atoms with Crippen molar-refractivity contribution in [3.05, 3.63) is 17.3 Å². The fourth-order valence-electron chi connectivity index (χ4n) is 1.84. The van der Waals surface area contributed by atoms with Crippen molar-refractivity contribution in [1.29, 1.82) is 0 Å². The molecule has 3 N–H and O–H groups in total. The number of nitrogens with zero attached hydrogens (tertiary/aromatic N) is 2. The maximum absolute atomic E-state index is 5.83. The van der Waals surface area contributed by atoms with Crippen LogP contribution in [0.3, 0.4) is 0 Å². The summed E-state index contributed by atoms with van der Waals surface area (Å²) >= 11 is 5.80. The highest BCUT2D eigenvalue weighted by Gasteiger charge is 2.19. The molecule has 96 valence electrons. The Kier molecular flexibility index (Phi) is 4.60. The number of nitrogens with one attached hydrogen (secondary N) is 1. The third-order valence-corrected chi connectivity index (χ3v) is 2.57. The second-order valence-corrected chi connectivity index (χ2v) is 5.78. The molecule has 0 aromatic carbocycles. The molecule has 1 aromatic heterocycles. The van der Waals surface area contributed by atoms with Gasteiger partial charge in [-0.3, -0.25) is 0 Å². The lowest BCUT2D eigenvalue weighted by molar-refractivity contribution is 0.254. The second kappa shape index (κ2) is 5.56. The van der Waals surface area contributed by atoms with E-state index in [0.717, 1.165) is 13.1 Å². The van der Waals surface area contributed by atoms with Crippen molar-refractivity contribution in [2.45, 2.75) is 13.8 Å². The molecular weight excluding hydrogens is 236 g/mol. The minimum Gasteiger partial charge on any atom is -0.396 e. The van der Waals surface area contributed by atoms with Gasteiger partial charge in [0.25, 0.3) is 0 Å². The van der Waals surface area contributed by atoms with Crippen LogP contribution in [-0.2, 0) is 0 Å². The van der Waals surface area contributed by atoms with Gasteiger partial charge in [0.1, 0.15) is 5.82 Å². The van der Waals surface area contributed by atoms with Gasteiger partial charge in [0, 0.05) is 19.3 Å². The van der Waals surface area contributed by atoms with Crippen LogP contribution in [0, 0.1) is 5.41 Å². The largest absolute Gasteiger partial charge is 0.396 e. The number of aromatic nitrogens is 1. The molecule has 0 fully saturated rings. The highest BCUT2D eigenvalue weighted by Crippen LogP contribution is 2.22. The molecule has 0 radical (unpaired) electrons. The van der Waals surface area contributed by atoms with Crippen LogP contribution in [0.2, 0.25) is 5.02 Å². The maximum Gasteiger partial charge on any atom is 0.149 e. The molecule has 0 spiro atoms. The first-order chi connectivity index (χ1) is 7.80. The average Bonchev–Trinajstić information content (AvgIpc) is 2.14. The number of nitrogens with two attached hydrogens (primary N) is 1. The van der Waals surface area contributed by atoms with Crippen LogP contribution >= 0.6 is 11.6 Å². The van der Waals surface area contributed by atoms with Crippen molar-refractivity contribution >= 4 is 23.1 Å². The van der Waals surface area contributed by atoms with Crippen molar-refractivity contribution in [3.8, 4) is 0 Å². The smallest absolute Gasteiger partial charge is 0.149 e. The molecule has 0 aliphatic carbocycles. The number of anilines is 2. The molecule has 0 saturated carbocycles. The molecule has 1 heterocycles. The number of nitrogen functional groups attached to an aromatic ring is 1. The van der Waals surface area contributed by atoms with Gasteiger partial charge in [-0.2, -0.15) is 0 Å². The minimum atomic E-state index is 0.150. The fraction of sp³-hybridized carbons (Fsp3) is 0.583. The summed E-state index contributed by atoms with van der Waals surface area (Å²) in [6.07, 6.45) is 1.60. The molecule has 0 atom stereocenters. The fourth-order valence-corrected chi connectivity index (χ4v) is 2.00. The lowest BCUT2D eigenvalue weighted by Crippen LogP contribution is -2.34. The van der Waals surface area contributed by atoms with Crippen LogP contribution in [0.1, 0.15) is 13.8 Å². The standard InChI is InChI=1S/C12H21ClN4/c1-12(2,8-17(3)4)7-16-11-10(14)5-9(13)6-15-11/h5-6H,7-8,14H2,1-4H3,(H,15,16). The Morgan fingerprint density at radius 2 is 2.12 bits per heavy atom. The van der Waals surface area contributed by atoms with E-state index < -0.39 is 0 Å². The van der Waals surface area contributed by atoms with E-state index in [9.17, 15) is 0 Å². The third-order valence-electron chi connectivity index (χ3n) is 2.36. The Morgan fingerprint density at radius 1 is 1.47 bits per heavy atom. The third kappa shape index (κ3) is 4.79. The summed E-state index contributed by atoms with van der Waals surface area (Å²) in [7, 11) is 4.13. The summed E-state index contributed by atoms with van der Waals surface area (Å²) in [4.78, 5) is 6.35. The van der Waals surface area contributed by atoms with Crippen molar-refractivity contribution in [1.82, 2.24) is 9.88 Å². The molecule has 0 aliphatic heterocycles. The van der Waals surface area contributed by atoms with Crippen LogP contribution in [0.15, 0.2) is 12.3 Å². The summed E-state index contributed by atoms with van der Waals surface area (Å²) in [6, 6.07) is 1.70. The van der Waals surface area contributed by atoms with E-state index in [4.69, 9.17) is 17.3 Å². The molecule has 17 heavy (non-hydrogen) atoms. The molecule has 0 aliphatic rings. The minimum absolute atomic E-state index is 0.150. The summed E-state index contributed by atoms with van der Waals surface area (Å²) < 4.78 is 0. The Hall–Kier alpha value is -1.00. The molecule has 0 unspecified atom stereocenters. The van der Waals surface area contributed by atoms with E-state index >= 15 is 0 Å². The lowest BCUT2D eigenvalue weighted by atomic mass is 9.93. The van der Waals surface area contributed by atoms with Gasteiger partial charge in [-0.25, -0.2) is 4.98 Å². The first kappa shape index (κ1) is 14.1. The SMILES string of the molecule is CN(C)CC(C)(C)CNc1ncc(Cl)cc1N. The first-order valence-corrected chi connectivity index (χ1v) is 5.97. The van der Waals surface area contributed by atoms with Gasteiger partial charge in [0.2, 0.25) is 0 Å². The number of rotatable bonds is 5. The van der Waals surface area contributed by atoms with Gasteiger partial charge in [0.05, 0.1) is 10.7 Å². The van der Waals surface area contributed by atoms with E-state index in [-0.39, 0.29) is 5.41 Å². The molecule has 1 aromatic rings. The van der Waals surface area contributed by atoms with E-state index in [2.05, 4.69) is 43.1 Å². The molecule has 0 bridgehead atoms. The van der Waals surface area contributed by atoms with Crippen LogP contribution in [-0.4, -0.2) is 37.1 Å². The van der Waals surface area contributed by atoms with Gasteiger partial charge in [-0.1, -0.05) is 25.4 Å². The van der Waals surface area contributed by atoms with Crippen LogP contribution in [0.5, 0.6) is 0 Å². The number of pyridine rings is 1. The topological polar surface area (TPSA) is 54.2 Å². The Bertz CT molecular complexity index is 377. The highest BCUT2D eigenvalue weighted by molar-refractivity contribution is 6.30. The average molecular weight is 257 g/mol. The number of hydrogen-bond donors (Lipinski definition) is 2. The number of halogens is 1. The van der Waals surface area contributed by atoms with E-state index in [1.165, 1.54) is 0 Å². The normalized spacial score (nSPS) is 11.9. The second-order valence-electron chi connectivity index (χ2n) is 5.35. The van der Waals surface area contributed by atoms with Crippen molar-refractivity contribution in [3.63, 3.8) is 0 Å². The van der Waals surface area contributed by atoms with Gasteiger partial charge in [-0.05, 0) is 25.6 Å². The van der Waals surface area contributed by atoms with Gasteiger partial charge < -0.3 is 16.0 Å².